The maximum Gasteiger partial charge on any atom is 0.328 e. The molecule has 0 saturated heterocycles. The molecule has 0 aromatic heterocycles. The summed E-state index contributed by atoms with van der Waals surface area (Å²) in [6, 6.07) is 8.95. The molecule has 1 atom stereocenters. The maximum absolute atomic E-state index is 13.7. The lowest BCUT2D eigenvalue weighted by atomic mass is 10.00. The Morgan fingerprint density at radius 1 is 1.33 bits per heavy atom. The van der Waals surface area contributed by atoms with Gasteiger partial charge in [-0.3, -0.25) is 0 Å². The Hall–Kier alpha value is -1.42. The van der Waals surface area contributed by atoms with Crippen LogP contribution in [-0.2, 0) is 11.3 Å². The van der Waals surface area contributed by atoms with Crippen molar-refractivity contribution >= 4 is 0 Å². The highest BCUT2D eigenvalue weighted by Crippen LogP contribution is 2.31. The van der Waals surface area contributed by atoms with Gasteiger partial charge in [0, 0.05) is 0 Å². The number of aliphatic hydroxyl groups excluding tert-OH is 1. The largest absolute Gasteiger partial charge is 0.487 e. The molecule has 0 fully saturated rings. The van der Waals surface area contributed by atoms with Gasteiger partial charge in [-0.15, -0.1) is 0 Å². The minimum Gasteiger partial charge on any atom is -0.487 e. The van der Waals surface area contributed by atoms with Gasteiger partial charge in [-0.1, -0.05) is 50.8 Å². The molecule has 0 saturated carbocycles. The van der Waals surface area contributed by atoms with Crippen LogP contribution >= 0.6 is 0 Å². The van der Waals surface area contributed by atoms with Crippen molar-refractivity contribution in [2.45, 2.75) is 32.5 Å². The molecule has 2 nitrogen and oxygen atoms in total. The van der Waals surface area contributed by atoms with Gasteiger partial charge in [-0.2, -0.15) is 8.78 Å². The fourth-order valence-corrected chi connectivity index (χ4v) is 1.42. The van der Waals surface area contributed by atoms with Crippen molar-refractivity contribution in [3.63, 3.8) is 0 Å². The summed E-state index contributed by atoms with van der Waals surface area (Å²) < 4.78 is 32.3. The number of benzene rings is 1. The van der Waals surface area contributed by atoms with Crippen LogP contribution in [-0.4, -0.2) is 17.1 Å². The Bertz CT molecular complexity index is 388. The lowest BCUT2D eigenvalue weighted by Crippen LogP contribution is -2.39. The first-order valence-electron chi connectivity index (χ1n) is 5.77. The molecular weight excluding hydrogens is 238 g/mol. The second-order valence-corrected chi connectivity index (χ2v) is 4.51. The molecule has 0 amide bonds. The first kappa shape index (κ1) is 14.6. The minimum atomic E-state index is -3.44. The summed E-state index contributed by atoms with van der Waals surface area (Å²) >= 11 is 0. The molecule has 18 heavy (non-hydrogen) atoms. The summed E-state index contributed by atoms with van der Waals surface area (Å²) in [6.07, 6.45) is -1.79. The first-order valence-corrected chi connectivity index (χ1v) is 5.77. The Balaban J connectivity index is 2.60. The summed E-state index contributed by atoms with van der Waals surface area (Å²) in [5.41, 5.74) is 0.772. The van der Waals surface area contributed by atoms with E-state index in [9.17, 15) is 13.9 Å². The Kier molecular flexibility index (Phi) is 4.84. The predicted octanol–water partition coefficient (Wildman–Crippen LogP) is 3.37. The number of hydrogen-bond acceptors (Lipinski definition) is 2. The van der Waals surface area contributed by atoms with Crippen molar-refractivity contribution in [3.05, 3.63) is 48.2 Å². The smallest absolute Gasteiger partial charge is 0.328 e. The number of ether oxygens (including phenoxy) is 1. The monoisotopic (exact) mass is 256 g/mol. The third-order valence-electron chi connectivity index (χ3n) is 2.63. The molecule has 0 bridgehead atoms. The molecule has 1 unspecified atom stereocenters. The number of halogens is 2. The van der Waals surface area contributed by atoms with Crippen molar-refractivity contribution in [2.24, 2.45) is 5.92 Å². The van der Waals surface area contributed by atoms with Gasteiger partial charge in [-0.05, 0) is 11.5 Å². The summed E-state index contributed by atoms with van der Waals surface area (Å²) in [4.78, 5) is 0. The number of alkyl halides is 2. The van der Waals surface area contributed by atoms with E-state index >= 15 is 0 Å². The number of aliphatic hydroxyl groups is 1. The average molecular weight is 256 g/mol. The van der Waals surface area contributed by atoms with Crippen LogP contribution in [0.4, 0.5) is 8.78 Å². The average Bonchev–Trinajstić information content (AvgIpc) is 2.35. The van der Waals surface area contributed by atoms with E-state index < -0.39 is 23.7 Å². The van der Waals surface area contributed by atoms with Gasteiger partial charge in [0.2, 0.25) is 0 Å². The van der Waals surface area contributed by atoms with Gasteiger partial charge >= 0.3 is 5.92 Å². The third kappa shape index (κ3) is 3.53. The quantitative estimate of drug-likeness (QED) is 0.791. The van der Waals surface area contributed by atoms with Crippen molar-refractivity contribution in [2.75, 3.05) is 0 Å². The number of rotatable bonds is 6. The van der Waals surface area contributed by atoms with E-state index in [0.29, 0.717) is 0 Å². The fourth-order valence-electron chi connectivity index (χ4n) is 1.42. The minimum absolute atomic E-state index is 0.0140. The zero-order valence-corrected chi connectivity index (χ0v) is 10.6. The van der Waals surface area contributed by atoms with Crippen molar-refractivity contribution in [1.29, 1.82) is 0 Å². The van der Waals surface area contributed by atoms with E-state index in [1.165, 1.54) is 13.8 Å². The highest BCUT2D eigenvalue weighted by molar-refractivity contribution is 5.14. The number of hydrogen-bond donors (Lipinski definition) is 1. The summed E-state index contributed by atoms with van der Waals surface area (Å²) in [5, 5.41) is 9.43. The molecule has 1 aromatic carbocycles. The van der Waals surface area contributed by atoms with Crippen LogP contribution in [0.3, 0.4) is 0 Å². The first-order chi connectivity index (χ1) is 8.35. The van der Waals surface area contributed by atoms with E-state index in [2.05, 4.69) is 6.58 Å². The Morgan fingerprint density at radius 2 is 1.89 bits per heavy atom. The lowest BCUT2D eigenvalue weighted by molar-refractivity contribution is -0.129. The van der Waals surface area contributed by atoms with Gasteiger partial charge in [0.1, 0.15) is 12.7 Å². The molecule has 0 radical (unpaired) electrons. The van der Waals surface area contributed by atoms with E-state index in [1.54, 1.807) is 24.3 Å². The molecule has 4 heteroatoms. The molecule has 0 aliphatic heterocycles. The van der Waals surface area contributed by atoms with Gasteiger partial charge in [-0.25, -0.2) is 0 Å². The van der Waals surface area contributed by atoms with Crippen LogP contribution in [0.15, 0.2) is 42.7 Å². The standard InChI is InChI=1S/C14H18F2O2/c1-10(2)13(17)14(15,16)11(3)18-9-12-7-5-4-6-8-12/h4-8,10,13,17H,3,9H2,1-2H3. The second-order valence-electron chi connectivity index (χ2n) is 4.51. The second kappa shape index (κ2) is 5.96. The van der Waals surface area contributed by atoms with Crippen LogP contribution in [0.5, 0.6) is 0 Å². The predicted molar refractivity (Wildman–Crippen MR) is 66.2 cm³/mol. The summed E-state index contributed by atoms with van der Waals surface area (Å²) in [6.45, 7) is 6.26. The molecule has 0 aliphatic carbocycles. The summed E-state index contributed by atoms with van der Waals surface area (Å²) in [7, 11) is 0. The topological polar surface area (TPSA) is 29.5 Å². The van der Waals surface area contributed by atoms with Crippen molar-refractivity contribution in [1.82, 2.24) is 0 Å². The van der Waals surface area contributed by atoms with Crippen LogP contribution in [0.25, 0.3) is 0 Å². The Labute approximate surface area is 106 Å². The van der Waals surface area contributed by atoms with Crippen LogP contribution in [0.1, 0.15) is 19.4 Å². The van der Waals surface area contributed by atoms with Crippen LogP contribution < -0.4 is 0 Å². The zero-order chi connectivity index (χ0) is 13.8. The maximum atomic E-state index is 13.7. The molecule has 0 spiro atoms. The molecule has 1 aromatic rings. The Morgan fingerprint density at radius 3 is 2.39 bits per heavy atom. The SMILES string of the molecule is C=C(OCc1ccccc1)C(F)(F)C(O)C(C)C. The van der Waals surface area contributed by atoms with Gasteiger partial charge in [0.05, 0.1) is 0 Å². The van der Waals surface area contributed by atoms with Crippen molar-refractivity contribution in [3.8, 4) is 0 Å². The van der Waals surface area contributed by atoms with E-state index in [0.717, 1.165) is 5.56 Å². The lowest BCUT2D eigenvalue weighted by Gasteiger charge is -2.26. The van der Waals surface area contributed by atoms with E-state index in [-0.39, 0.29) is 6.61 Å². The molecule has 0 aliphatic rings. The fraction of sp³-hybridized carbons (Fsp3) is 0.429. The van der Waals surface area contributed by atoms with Gasteiger partial charge in [0.15, 0.2) is 5.76 Å². The zero-order valence-electron chi connectivity index (χ0n) is 10.6. The molecule has 100 valence electrons. The molecule has 1 rings (SSSR count). The van der Waals surface area contributed by atoms with Gasteiger partial charge in [0.25, 0.3) is 0 Å². The van der Waals surface area contributed by atoms with E-state index in [1.807, 2.05) is 6.07 Å². The third-order valence-corrected chi connectivity index (χ3v) is 2.63. The molecule has 0 heterocycles. The van der Waals surface area contributed by atoms with Gasteiger partial charge < -0.3 is 9.84 Å². The summed E-state index contributed by atoms with van der Waals surface area (Å²) in [5.74, 6) is -4.72. The van der Waals surface area contributed by atoms with E-state index in [4.69, 9.17) is 4.74 Å². The molecule has 1 N–H and O–H groups in total. The van der Waals surface area contributed by atoms with Crippen molar-refractivity contribution < 1.29 is 18.6 Å². The van der Waals surface area contributed by atoms with Crippen LogP contribution in [0.2, 0.25) is 0 Å². The molecular formula is C14H18F2O2. The van der Waals surface area contributed by atoms with Crippen LogP contribution in [0, 0.1) is 5.92 Å². The normalized spacial score (nSPS) is 13.4. The highest BCUT2D eigenvalue weighted by Gasteiger charge is 2.44. The highest BCUT2D eigenvalue weighted by atomic mass is 19.3.